The number of carbonyl (C=O) groups excluding carboxylic acids is 1. The number of hydrogen-bond donors (Lipinski definition) is 1. The highest BCUT2D eigenvalue weighted by atomic mass is 35.5. The molecular formula is C16H16ClFN4OS. The largest absolute Gasteiger partial charge is 0.348 e. The van der Waals surface area contributed by atoms with Crippen LogP contribution in [0.4, 0.5) is 9.52 Å². The molecule has 0 spiro atoms. The smallest absolute Gasteiger partial charge is 0.271 e. The number of hydrogen-bond acceptors (Lipinski definition) is 5. The minimum absolute atomic E-state index is 0.331. The molecule has 8 heteroatoms. The van der Waals surface area contributed by atoms with Gasteiger partial charge in [0.25, 0.3) is 5.91 Å². The summed E-state index contributed by atoms with van der Waals surface area (Å²) in [6, 6.07) is 5.25. The second-order valence-electron chi connectivity index (χ2n) is 5.41. The van der Waals surface area contributed by atoms with E-state index in [1.165, 1.54) is 48.2 Å². The van der Waals surface area contributed by atoms with Crippen LogP contribution in [0, 0.1) is 5.82 Å². The summed E-state index contributed by atoms with van der Waals surface area (Å²) in [6.07, 6.45) is 5.05. The van der Waals surface area contributed by atoms with E-state index in [0.717, 1.165) is 31.1 Å². The molecule has 1 fully saturated rings. The third-order valence-corrected chi connectivity index (χ3v) is 5.13. The minimum Gasteiger partial charge on any atom is -0.348 e. The summed E-state index contributed by atoms with van der Waals surface area (Å²) in [5, 5.41) is 5.16. The normalized spacial score (nSPS) is 15.0. The average Bonchev–Trinajstić information content (AvgIpc) is 2.97. The van der Waals surface area contributed by atoms with Crippen molar-refractivity contribution in [2.75, 3.05) is 18.0 Å². The lowest BCUT2D eigenvalue weighted by Gasteiger charge is -2.25. The molecule has 1 aromatic carbocycles. The fourth-order valence-corrected chi connectivity index (χ4v) is 3.59. The van der Waals surface area contributed by atoms with E-state index < -0.39 is 11.7 Å². The van der Waals surface area contributed by atoms with Crippen molar-refractivity contribution in [1.29, 1.82) is 0 Å². The Morgan fingerprint density at radius 1 is 1.29 bits per heavy atom. The van der Waals surface area contributed by atoms with Crippen molar-refractivity contribution in [3.8, 4) is 0 Å². The zero-order valence-corrected chi connectivity index (χ0v) is 14.4. The summed E-state index contributed by atoms with van der Waals surface area (Å²) >= 11 is 7.59. The van der Waals surface area contributed by atoms with Crippen LogP contribution >= 0.6 is 22.9 Å². The number of rotatable bonds is 4. The van der Waals surface area contributed by atoms with Gasteiger partial charge in [-0.15, -0.1) is 0 Å². The van der Waals surface area contributed by atoms with E-state index in [1.54, 1.807) is 0 Å². The van der Waals surface area contributed by atoms with Crippen LogP contribution in [0.15, 0.2) is 29.4 Å². The molecule has 1 amide bonds. The Bertz CT molecular complexity index is 741. The summed E-state index contributed by atoms with van der Waals surface area (Å²) in [7, 11) is 0. The predicted molar refractivity (Wildman–Crippen MR) is 94.6 cm³/mol. The molecule has 3 rings (SSSR count). The maximum atomic E-state index is 12.8. The van der Waals surface area contributed by atoms with Gasteiger partial charge in [-0.3, -0.25) is 4.79 Å². The number of thiazole rings is 1. The van der Waals surface area contributed by atoms with E-state index in [1.807, 2.05) is 0 Å². The third kappa shape index (κ3) is 4.10. The molecule has 1 saturated heterocycles. The molecule has 2 aromatic rings. The van der Waals surface area contributed by atoms with Crippen LogP contribution in [-0.4, -0.2) is 30.2 Å². The van der Waals surface area contributed by atoms with Crippen molar-refractivity contribution in [2.45, 2.75) is 19.3 Å². The zero-order valence-electron chi connectivity index (χ0n) is 12.8. The number of piperidine rings is 1. The Morgan fingerprint density at radius 3 is 2.71 bits per heavy atom. The molecule has 2 heterocycles. The molecule has 0 aliphatic carbocycles. The quantitative estimate of drug-likeness (QED) is 0.663. The first-order valence-corrected chi connectivity index (χ1v) is 8.83. The Labute approximate surface area is 148 Å². The van der Waals surface area contributed by atoms with Crippen molar-refractivity contribution < 1.29 is 9.18 Å². The first-order valence-electron chi connectivity index (χ1n) is 7.64. The first kappa shape index (κ1) is 16.9. The van der Waals surface area contributed by atoms with Crippen LogP contribution in [0.2, 0.25) is 5.15 Å². The molecule has 1 N–H and O–H groups in total. The lowest BCUT2D eigenvalue weighted by atomic mass is 10.1. The van der Waals surface area contributed by atoms with Crippen LogP contribution in [-0.2, 0) is 0 Å². The van der Waals surface area contributed by atoms with E-state index in [2.05, 4.69) is 20.4 Å². The summed E-state index contributed by atoms with van der Waals surface area (Å²) in [5.41, 5.74) is 2.73. The zero-order chi connectivity index (χ0) is 16.9. The van der Waals surface area contributed by atoms with Gasteiger partial charge in [0.1, 0.15) is 5.82 Å². The van der Waals surface area contributed by atoms with Crippen LogP contribution in [0.5, 0.6) is 0 Å². The van der Waals surface area contributed by atoms with Crippen LogP contribution in [0.25, 0.3) is 0 Å². The first-order chi connectivity index (χ1) is 11.6. The molecule has 0 unspecified atom stereocenters. The number of hydrazone groups is 1. The highest BCUT2D eigenvalue weighted by Gasteiger charge is 2.16. The molecule has 126 valence electrons. The van der Waals surface area contributed by atoms with E-state index >= 15 is 0 Å². The fraction of sp³-hybridized carbons (Fsp3) is 0.312. The number of halogens is 2. The van der Waals surface area contributed by atoms with Gasteiger partial charge >= 0.3 is 0 Å². The second-order valence-corrected chi connectivity index (χ2v) is 6.77. The van der Waals surface area contributed by atoms with Crippen molar-refractivity contribution >= 4 is 40.2 Å². The average molecular weight is 367 g/mol. The van der Waals surface area contributed by atoms with E-state index in [9.17, 15) is 9.18 Å². The molecular weight excluding hydrogens is 351 g/mol. The van der Waals surface area contributed by atoms with Gasteiger partial charge in [0.05, 0.1) is 11.1 Å². The lowest BCUT2D eigenvalue weighted by molar-refractivity contribution is 0.0955. The number of aromatic nitrogens is 1. The summed E-state index contributed by atoms with van der Waals surface area (Å²) in [4.78, 5) is 19.2. The summed E-state index contributed by atoms with van der Waals surface area (Å²) < 4.78 is 12.8. The van der Waals surface area contributed by atoms with Gasteiger partial charge in [-0.05, 0) is 43.5 Å². The number of anilines is 1. The Hall–Kier alpha value is -1.99. The van der Waals surface area contributed by atoms with Crippen molar-refractivity contribution in [3.05, 3.63) is 45.7 Å². The SMILES string of the molecule is O=C(N/N=C\c1sc(N2CCCCC2)nc1Cl)c1ccc(F)cc1. The number of amides is 1. The number of benzene rings is 1. The molecule has 0 atom stereocenters. The van der Waals surface area contributed by atoms with Crippen molar-refractivity contribution in [2.24, 2.45) is 5.10 Å². The maximum absolute atomic E-state index is 12.8. The van der Waals surface area contributed by atoms with E-state index in [-0.39, 0.29) is 0 Å². The Kier molecular flexibility index (Phi) is 5.42. The number of nitrogens with one attached hydrogen (secondary N) is 1. The van der Waals surface area contributed by atoms with Gasteiger partial charge in [0.15, 0.2) is 10.3 Å². The van der Waals surface area contributed by atoms with Gasteiger partial charge in [-0.25, -0.2) is 14.8 Å². The molecule has 5 nitrogen and oxygen atoms in total. The molecule has 1 aliphatic heterocycles. The van der Waals surface area contributed by atoms with Crippen molar-refractivity contribution in [1.82, 2.24) is 10.4 Å². The number of carbonyl (C=O) groups is 1. The molecule has 0 radical (unpaired) electrons. The summed E-state index contributed by atoms with van der Waals surface area (Å²) in [6.45, 7) is 1.98. The molecule has 24 heavy (non-hydrogen) atoms. The van der Waals surface area contributed by atoms with E-state index in [0.29, 0.717) is 15.6 Å². The minimum atomic E-state index is -0.414. The van der Waals surface area contributed by atoms with Gasteiger partial charge < -0.3 is 4.90 Å². The molecule has 0 saturated carbocycles. The van der Waals surface area contributed by atoms with Gasteiger partial charge in [0, 0.05) is 18.7 Å². The van der Waals surface area contributed by atoms with Gasteiger partial charge in [-0.1, -0.05) is 22.9 Å². The fourth-order valence-electron chi connectivity index (χ4n) is 2.42. The number of nitrogens with zero attached hydrogens (tertiary/aromatic N) is 3. The predicted octanol–water partition coefficient (Wildman–Crippen LogP) is 3.69. The van der Waals surface area contributed by atoms with Gasteiger partial charge in [0.2, 0.25) is 0 Å². The Balaban J connectivity index is 1.62. The second kappa shape index (κ2) is 7.72. The van der Waals surface area contributed by atoms with Crippen LogP contribution in [0.3, 0.4) is 0 Å². The van der Waals surface area contributed by atoms with E-state index in [4.69, 9.17) is 11.6 Å². The van der Waals surface area contributed by atoms with Crippen LogP contribution in [0.1, 0.15) is 34.5 Å². The van der Waals surface area contributed by atoms with Gasteiger partial charge in [-0.2, -0.15) is 5.10 Å². The monoisotopic (exact) mass is 366 g/mol. The maximum Gasteiger partial charge on any atom is 0.271 e. The highest BCUT2D eigenvalue weighted by Crippen LogP contribution is 2.30. The molecule has 1 aliphatic rings. The van der Waals surface area contributed by atoms with Crippen molar-refractivity contribution in [3.63, 3.8) is 0 Å². The van der Waals surface area contributed by atoms with Crippen LogP contribution < -0.4 is 10.3 Å². The third-order valence-electron chi connectivity index (χ3n) is 3.68. The standard InChI is InChI=1S/C16H16ClFN4OS/c17-14-13(24-16(20-14)22-8-2-1-3-9-22)10-19-21-15(23)11-4-6-12(18)7-5-11/h4-7,10H,1-3,8-9H2,(H,21,23)/b19-10-. The molecule has 1 aromatic heterocycles. The lowest BCUT2D eigenvalue weighted by Crippen LogP contribution is -2.29. The summed E-state index contributed by atoms with van der Waals surface area (Å²) in [5.74, 6) is -0.806. The molecule has 0 bridgehead atoms. The highest BCUT2D eigenvalue weighted by molar-refractivity contribution is 7.17. The topological polar surface area (TPSA) is 57.6 Å². The Morgan fingerprint density at radius 2 is 2.00 bits per heavy atom.